The van der Waals surface area contributed by atoms with Gasteiger partial charge in [0.15, 0.2) is 0 Å². The largest absolute Gasteiger partial charge is 0.386 e. The minimum absolute atomic E-state index is 0.118. The molecule has 0 atom stereocenters. The minimum atomic E-state index is -0.641. The molecule has 0 radical (unpaired) electrons. The van der Waals surface area contributed by atoms with E-state index in [0.717, 1.165) is 6.42 Å². The van der Waals surface area contributed by atoms with E-state index >= 15 is 0 Å². The number of rotatable bonds is 4. The van der Waals surface area contributed by atoms with Crippen molar-refractivity contribution >= 4 is 11.9 Å². The number of hydrogen-bond acceptors (Lipinski definition) is 3. The lowest BCUT2D eigenvalue weighted by molar-refractivity contribution is -0.133. The maximum Gasteiger partial charge on any atom is 0.346 e. The third-order valence-corrected chi connectivity index (χ3v) is 2.66. The van der Waals surface area contributed by atoms with Crippen LogP contribution in [0.5, 0.6) is 0 Å². The molecule has 0 saturated heterocycles. The van der Waals surface area contributed by atoms with E-state index in [1.807, 2.05) is 0 Å². The number of hydrogen-bond donors (Lipinski definition) is 0. The molecule has 0 aliphatic heterocycles. The highest BCUT2D eigenvalue weighted by Gasteiger charge is 2.18. The number of ether oxygens (including phenoxy) is 1. The predicted octanol–water partition coefficient (Wildman–Crippen LogP) is 3.75. The van der Waals surface area contributed by atoms with Crippen molar-refractivity contribution in [1.29, 1.82) is 0 Å². The summed E-state index contributed by atoms with van der Waals surface area (Å²) in [5.74, 6) is -1.28. The van der Waals surface area contributed by atoms with E-state index in [1.54, 1.807) is 30.3 Å². The van der Waals surface area contributed by atoms with Crippen LogP contribution in [0.25, 0.3) is 0 Å². The molecule has 0 amide bonds. The Bertz CT molecular complexity index is 467. The van der Waals surface area contributed by atoms with Gasteiger partial charge in [-0.2, -0.15) is 0 Å². The van der Waals surface area contributed by atoms with Gasteiger partial charge in [0, 0.05) is 5.57 Å². The number of carbonyl (C=O) groups is 2. The second-order valence-electron chi connectivity index (χ2n) is 5.71. The molecule has 0 aliphatic carbocycles. The van der Waals surface area contributed by atoms with E-state index < -0.39 is 11.9 Å². The van der Waals surface area contributed by atoms with E-state index in [0.29, 0.717) is 17.6 Å². The standard InChI is InChI=1S/C16H20O3/c1-12(10-11-16(2,3)4)14(17)19-15(18)13-8-6-5-7-9-13/h5-9H,1,10-11H2,2-4H3. The van der Waals surface area contributed by atoms with Crippen LogP contribution >= 0.6 is 0 Å². The lowest BCUT2D eigenvalue weighted by Gasteiger charge is -2.17. The van der Waals surface area contributed by atoms with E-state index in [2.05, 4.69) is 27.4 Å². The summed E-state index contributed by atoms with van der Waals surface area (Å²) in [5, 5.41) is 0. The molecular formula is C16H20O3. The zero-order chi connectivity index (χ0) is 14.5. The molecular weight excluding hydrogens is 240 g/mol. The van der Waals surface area contributed by atoms with Gasteiger partial charge < -0.3 is 4.74 Å². The Balaban J connectivity index is 2.51. The molecule has 0 N–H and O–H groups in total. The molecule has 0 unspecified atom stereocenters. The first-order chi connectivity index (χ1) is 8.79. The Labute approximate surface area is 114 Å². The Kier molecular flexibility index (Phi) is 5.04. The summed E-state index contributed by atoms with van der Waals surface area (Å²) in [6.45, 7) is 9.93. The van der Waals surface area contributed by atoms with Gasteiger partial charge in [-0.1, -0.05) is 45.5 Å². The summed E-state index contributed by atoms with van der Waals surface area (Å²) in [5.41, 5.74) is 0.811. The van der Waals surface area contributed by atoms with Gasteiger partial charge >= 0.3 is 11.9 Å². The SMILES string of the molecule is C=C(CCC(C)(C)C)C(=O)OC(=O)c1ccccc1. The fourth-order valence-corrected chi connectivity index (χ4v) is 1.42. The van der Waals surface area contributed by atoms with E-state index in [1.165, 1.54) is 0 Å². The highest BCUT2D eigenvalue weighted by Crippen LogP contribution is 2.23. The zero-order valence-corrected chi connectivity index (χ0v) is 11.7. The van der Waals surface area contributed by atoms with Crippen molar-refractivity contribution in [2.24, 2.45) is 5.41 Å². The zero-order valence-electron chi connectivity index (χ0n) is 11.7. The Morgan fingerprint density at radius 1 is 1.16 bits per heavy atom. The minimum Gasteiger partial charge on any atom is -0.386 e. The van der Waals surface area contributed by atoms with Crippen molar-refractivity contribution in [2.75, 3.05) is 0 Å². The van der Waals surface area contributed by atoms with Crippen LogP contribution < -0.4 is 0 Å². The first-order valence-corrected chi connectivity index (χ1v) is 6.29. The second-order valence-corrected chi connectivity index (χ2v) is 5.71. The number of carbonyl (C=O) groups excluding carboxylic acids is 2. The van der Waals surface area contributed by atoms with Crippen molar-refractivity contribution in [1.82, 2.24) is 0 Å². The number of benzene rings is 1. The smallest absolute Gasteiger partial charge is 0.346 e. The summed E-state index contributed by atoms with van der Waals surface area (Å²) >= 11 is 0. The van der Waals surface area contributed by atoms with Crippen LogP contribution in [0, 0.1) is 5.41 Å². The third-order valence-electron chi connectivity index (χ3n) is 2.66. The van der Waals surface area contributed by atoms with Crippen molar-refractivity contribution in [3.63, 3.8) is 0 Å². The quantitative estimate of drug-likeness (QED) is 0.470. The van der Waals surface area contributed by atoms with Gasteiger partial charge in [-0.25, -0.2) is 9.59 Å². The third kappa shape index (κ3) is 5.51. The second kappa shape index (κ2) is 6.32. The predicted molar refractivity (Wildman–Crippen MR) is 74.7 cm³/mol. The molecule has 0 heterocycles. The highest BCUT2D eigenvalue weighted by atomic mass is 16.6. The van der Waals surface area contributed by atoms with Crippen molar-refractivity contribution in [3.05, 3.63) is 48.0 Å². The molecule has 0 saturated carbocycles. The van der Waals surface area contributed by atoms with Gasteiger partial charge in [-0.05, 0) is 30.4 Å². The van der Waals surface area contributed by atoms with Gasteiger partial charge in [0.1, 0.15) is 0 Å². The first-order valence-electron chi connectivity index (χ1n) is 6.29. The lowest BCUT2D eigenvalue weighted by Crippen LogP contribution is -2.15. The fourth-order valence-electron chi connectivity index (χ4n) is 1.42. The average molecular weight is 260 g/mol. The van der Waals surface area contributed by atoms with E-state index in [-0.39, 0.29) is 5.41 Å². The Morgan fingerprint density at radius 3 is 2.26 bits per heavy atom. The van der Waals surface area contributed by atoms with Gasteiger partial charge in [0.05, 0.1) is 5.56 Å². The van der Waals surface area contributed by atoms with Crippen LogP contribution in [-0.2, 0) is 9.53 Å². The maximum atomic E-state index is 11.7. The van der Waals surface area contributed by atoms with Gasteiger partial charge in [0.25, 0.3) is 0 Å². The molecule has 1 aromatic carbocycles. The average Bonchev–Trinajstić information content (AvgIpc) is 2.36. The van der Waals surface area contributed by atoms with Crippen LogP contribution in [0.2, 0.25) is 0 Å². The molecule has 1 aromatic rings. The van der Waals surface area contributed by atoms with Gasteiger partial charge in [-0.3, -0.25) is 0 Å². The Hall–Kier alpha value is -1.90. The first kappa shape index (κ1) is 15.2. The van der Waals surface area contributed by atoms with Gasteiger partial charge in [-0.15, -0.1) is 0 Å². The maximum absolute atomic E-state index is 11.7. The summed E-state index contributed by atoms with van der Waals surface area (Å²) in [4.78, 5) is 23.4. The summed E-state index contributed by atoms with van der Waals surface area (Å²) in [6.07, 6.45) is 1.35. The molecule has 0 aliphatic rings. The summed E-state index contributed by atoms with van der Waals surface area (Å²) < 4.78 is 4.79. The topological polar surface area (TPSA) is 43.4 Å². The fraction of sp³-hybridized carbons (Fsp3) is 0.375. The molecule has 102 valence electrons. The van der Waals surface area contributed by atoms with Crippen LogP contribution in [0.4, 0.5) is 0 Å². The van der Waals surface area contributed by atoms with Crippen molar-refractivity contribution < 1.29 is 14.3 Å². The van der Waals surface area contributed by atoms with Crippen LogP contribution in [0.15, 0.2) is 42.5 Å². The van der Waals surface area contributed by atoms with Crippen molar-refractivity contribution in [3.8, 4) is 0 Å². The van der Waals surface area contributed by atoms with Crippen LogP contribution in [0.1, 0.15) is 44.0 Å². The molecule has 19 heavy (non-hydrogen) atoms. The van der Waals surface area contributed by atoms with E-state index in [9.17, 15) is 9.59 Å². The molecule has 3 nitrogen and oxygen atoms in total. The summed E-state index contributed by atoms with van der Waals surface area (Å²) in [6, 6.07) is 8.44. The Morgan fingerprint density at radius 2 is 1.74 bits per heavy atom. The molecule has 0 aromatic heterocycles. The van der Waals surface area contributed by atoms with Gasteiger partial charge in [0.2, 0.25) is 0 Å². The van der Waals surface area contributed by atoms with Crippen LogP contribution in [-0.4, -0.2) is 11.9 Å². The lowest BCUT2D eigenvalue weighted by atomic mass is 9.89. The van der Waals surface area contributed by atoms with Crippen molar-refractivity contribution in [2.45, 2.75) is 33.6 Å². The molecule has 3 heteroatoms. The van der Waals surface area contributed by atoms with E-state index in [4.69, 9.17) is 4.74 Å². The molecule has 0 bridgehead atoms. The molecule has 1 rings (SSSR count). The number of esters is 2. The normalized spacial score (nSPS) is 10.9. The molecule has 0 spiro atoms. The monoisotopic (exact) mass is 260 g/mol. The summed E-state index contributed by atoms with van der Waals surface area (Å²) in [7, 11) is 0. The van der Waals surface area contributed by atoms with Crippen LogP contribution in [0.3, 0.4) is 0 Å². The highest BCUT2D eigenvalue weighted by molar-refractivity contribution is 6.01. The molecule has 0 fully saturated rings.